The van der Waals surface area contributed by atoms with Crippen molar-refractivity contribution in [2.75, 3.05) is 13.1 Å². The summed E-state index contributed by atoms with van der Waals surface area (Å²) in [5.74, 6) is 1.49. The van der Waals surface area contributed by atoms with Gasteiger partial charge in [-0.3, -0.25) is 4.90 Å². The molecule has 0 bridgehead atoms. The Labute approximate surface area is 102 Å². The molecule has 96 valence electrons. The van der Waals surface area contributed by atoms with Crippen molar-refractivity contribution < 1.29 is 0 Å². The van der Waals surface area contributed by atoms with Gasteiger partial charge in [-0.25, -0.2) is 0 Å². The van der Waals surface area contributed by atoms with E-state index in [2.05, 4.69) is 32.6 Å². The van der Waals surface area contributed by atoms with E-state index in [-0.39, 0.29) is 0 Å². The van der Waals surface area contributed by atoms with Gasteiger partial charge < -0.3 is 5.73 Å². The van der Waals surface area contributed by atoms with Crippen LogP contribution >= 0.6 is 0 Å². The maximum atomic E-state index is 6.29. The number of hydrogen-bond acceptors (Lipinski definition) is 2. The summed E-state index contributed by atoms with van der Waals surface area (Å²) in [6, 6.07) is 1.05. The Morgan fingerprint density at radius 3 is 1.94 bits per heavy atom. The predicted molar refractivity (Wildman–Crippen MR) is 71.5 cm³/mol. The Balaban J connectivity index is 2.58. The zero-order valence-electron chi connectivity index (χ0n) is 11.6. The van der Waals surface area contributed by atoms with E-state index in [4.69, 9.17) is 5.73 Å². The van der Waals surface area contributed by atoms with E-state index in [1.54, 1.807) is 0 Å². The lowest BCUT2D eigenvalue weighted by Crippen LogP contribution is -2.51. The van der Waals surface area contributed by atoms with Crippen LogP contribution in [-0.2, 0) is 0 Å². The van der Waals surface area contributed by atoms with Gasteiger partial charge in [0, 0.05) is 25.2 Å². The largest absolute Gasteiger partial charge is 0.326 e. The van der Waals surface area contributed by atoms with Gasteiger partial charge in [0.25, 0.3) is 0 Å². The molecule has 1 aliphatic carbocycles. The second-order valence-corrected chi connectivity index (χ2v) is 6.26. The minimum absolute atomic E-state index is 0.409. The Morgan fingerprint density at radius 2 is 1.50 bits per heavy atom. The molecule has 0 saturated heterocycles. The quantitative estimate of drug-likeness (QED) is 0.781. The molecule has 2 atom stereocenters. The number of nitrogens with zero attached hydrogens (tertiary/aromatic N) is 1. The predicted octanol–water partition coefficient (Wildman–Crippen LogP) is 2.87. The monoisotopic (exact) mass is 226 g/mol. The number of hydrogen-bond donors (Lipinski definition) is 1. The van der Waals surface area contributed by atoms with Crippen molar-refractivity contribution in [1.82, 2.24) is 4.90 Å². The van der Waals surface area contributed by atoms with Crippen molar-refractivity contribution in [2.45, 2.75) is 65.5 Å². The summed E-state index contributed by atoms with van der Waals surface area (Å²) in [5.41, 5.74) is 6.29. The van der Waals surface area contributed by atoms with Crippen LogP contribution in [0.2, 0.25) is 0 Å². The van der Waals surface area contributed by atoms with Crippen molar-refractivity contribution in [1.29, 1.82) is 0 Å². The topological polar surface area (TPSA) is 29.3 Å². The summed E-state index contributed by atoms with van der Waals surface area (Å²) in [6.07, 6.45) is 5.22. The summed E-state index contributed by atoms with van der Waals surface area (Å²) >= 11 is 0. The molecule has 1 saturated carbocycles. The highest BCUT2D eigenvalue weighted by molar-refractivity contribution is 4.86. The zero-order chi connectivity index (χ0) is 12.1. The molecule has 1 aliphatic rings. The van der Waals surface area contributed by atoms with Gasteiger partial charge in [0.05, 0.1) is 0 Å². The summed E-state index contributed by atoms with van der Waals surface area (Å²) in [7, 11) is 0. The van der Waals surface area contributed by atoms with Crippen LogP contribution in [0.25, 0.3) is 0 Å². The van der Waals surface area contributed by atoms with Crippen molar-refractivity contribution in [2.24, 2.45) is 17.6 Å². The molecule has 2 nitrogen and oxygen atoms in total. The van der Waals surface area contributed by atoms with Gasteiger partial charge in [0.1, 0.15) is 0 Å². The molecule has 0 heterocycles. The Kier molecular flexibility index (Phi) is 5.77. The SMILES string of the molecule is CC(C)CN(CC(C)C)C1CCCCC1N. The fourth-order valence-electron chi connectivity index (χ4n) is 2.88. The molecule has 2 N–H and O–H groups in total. The van der Waals surface area contributed by atoms with E-state index in [0.717, 1.165) is 11.8 Å². The van der Waals surface area contributed by atoms with Crippen molar-refractivity contribution in [3.8, 4) is 0 Å². The average molecular weight is 226 g/mol. The first-order chi connectivity index (χ1) is 7.50. The van der Waals surface area contributed by atoms with E-state index in [1.165, 1.54) is 38.8 Å². The molecule has 2 heteroatoms. The molecule has 0 spiro atoms. The van der Waals surface area contributed by atoms with Crippen LogP contribution in [0, 0.1) is 11.8 Å². The third-order valence-corrected chi connectivity index (χ3v) is 3.45. The van der Waals surface area contributed by atoms with E-state index in [1.807, 2.05) is 0 Å². The molecule has 2 unspecified atom stereocenters. The van der Waals surface area contributed by atoms with Crippen LogP contribution in [0.5, 0.6) is 0 Å². The highest BCUT2D eigenvalue weighted by Crippen LogP contribution is 2.23. The fourth-order valence-corrected chi connectivity index (χ4v) is 2.88. The molecule has 0 radical (unpaired) electrons. The van der Waals surface area contributed by atoms with Crippen LogP contribution in [0.4, 0.5) is 0 Å². The fraction of sp³-hybridized carbons (Fsp3) is 1.00. The molecule has 1 fully saturated rings. The van der Waals surface area contributed by atoms with Crippen molar-refractivity contribution in [3.05, 3.63) is 0 Å². The highest BCUT2D eigenvalue weighted by Gasteiger charge is 2.28. The first-order valence-corrected chi connectivity index (χ1v) is 7.00. The Bertz CT molecular complexity index is 179. The molecular weight excluding hydrogens is 196 g/mol. The summed E-state index contributed by atoms with van der Waals surface area (Å²) in [4.78, 5) is 2.65. The van der Waals surface area contributed by atoms with E-state index in [0.29, 0.717) is 12.1 Å². The van der Waals surface area contributed by atoms with Gasteiger partial charge in [-0.05, 0) is 24.7 Å². The van der Waals surface area contributed by atoms with Gasteiger partial charge in [-0.2, -0.15) is 0 Å². The third kappa shape index (κ3) is 4.42. The third-order valence-electron chi connectivity index (χ3n) is 3.45. The molecule has 0 aromatic heterocycles. The van der Waals surface area contributed by atoms with Gasteiger partial charge >= 0.3 is 0 Å². The lowest BCUT2D eigenvalue weighted by Gasteiger charge is -2.40. The van der Waals surface area contributed by atoms with Crippen LogP contribution < -0.4 is 5.73 Å². The van der Waals surface area contributed by atoms with E-state index < -0.39 is 0 Å². The van der Waals surface area contributed by atoms with Crippen molar-refractivity contribution >= 4 is 0 Å². The van der Waals surface area contributed by atoms with Crippen LogP contribution in [-0.4, -0.2) is 30.1 Å². The standard InChI is InChI=1S/C14H30N2/c1-11(2)9-16(10-12(3)4)14-8-6-5-7-13(14)15/h11-14H,5-10,15H2,1-4H3. The van der Waals surface area contributed by atoms with Crippen LogP contribution in [0.3, 0.4) is 0 Å². The van der Waals surface area contributed by atoms with Crippen molar-refractivity contribution in [3.63, 3.8) is 0 Å². The minimum atomic E-state index is 0.409. The minimum Gasteiger partial charge on any atom is -0.326 e. The van der Waals surface area contributed by atoms with Gasteiger partial charge in [0.15, 0.2) is 0 Å². The summed E-state index contributed by atoms with van der Waals surface area (Å²) in [6.45, 7) is 11.6. The van der Waals surface area contributed by atoms with Gasteiger partial charge in [-0.15, -0.1) is 0 Å². The molecule has 0 aromatic rings. The number of nitrogens with two attached hydrogens (primary N) is 1. The number of rotatable bonds is 5. The summed E-state index contributed by atoms with van der Waals surface area (Å²) < 4.78 is 0. The molecule has 1 rings (SSSR count). The normalized spacial score (nSPS) is 27.0. The molecule has 0 amide bonds. The molecule has 0 aliphatic heterocycles. The first-order valence-electron chi connectivity index (χ1n) is 7.00. The maximum absolute atomic E-state index is 6.29. The zero-order valence-corrected chi connectivity index (χ0v) is 11.6. The highest BCUT2D eigenvalue weighted by atomic mass is 15.2. The van der Waals surface area contributed by atoms with Gasteiger partial charge in [0.2, 0.25) is 0 Å². The Morgan fingerprint density at radius 1 is 1.00 bits per heavy atom. The van der Waals surface area contributed by atoms with E-state index in [9.17, 15) is 0 Å². The second kappa shape index (κ2) is 6.61. The van der Waals surface area contributed by atoms with Gasteiger partial charge in [-0.1, -0.05) is 40.5 Å². The first kappa shape index (κ1) is 14.0. The summed E-state index contributed by atoms with van der Waals surface area (Å²) in [5, 5.41) is 0. The molecule has 0 aromatic carbocycles. The molecular formula is C14H30N2. The van der Waals surface area contributed by atoms with Crippen LogP contribution in [0.15, 0.2) is 0 Å². The maximum Gasteiger partial charge on any atom is 0.0247 e. The Hall–Kier alpha value is -0.0800. The molecule has 16 heavy (non-hydrogen) atoms. The second-order valence-electron chi connectivity index (χ2n) is 6.26. The van der Waals surface area contributed by atoms with Crippen LogP contribution in [0.1, 0.15) is 53.4 Å². The lowest BCUT2D eigenvalue weighted by molar-refractivity contribution is 0.110. The lowest BCUT2D eigenvalue weighted by atomic mass is 9.89. The average Bonchev–Trinajstić information content (AvgIpc) is 2.15. The smallest absolute Gasteiger partial charge is 0.0247 e. The van der Waals surface area contributed by atoms with E-state index >= 15 is 0 Å².